The van der Waals surface area contributed by atoms with Crippen LogP contribution in [0.1, 0.15) is 36.0 Å². The predicted molar refractivity (Wildman–Crippen MR) is 58.0 cm³/mol. The molecule has 0 aliphatic heterocycles. The van der Waals surface area contributed by atoms with Crippen molar-refractivity contribution < 1.29 is 9.21 Å². The quantitative estimate of drug-likeness (QED) is 0.863. The van der Waals surface area contributed by atoms with Crippen molar-refractivity contribution in [1.82, 2.24) is 5.32 Å². The number of hydrogen-bond acceptors (Lipinski definition) is 2. The number of furan rings is 1. The summed E-state index contributed by atoms with van der Waals surface area (Å²) in [5.41, 5.74) is 0.426. The first kappa shape index (κ1) is 10.6. The Labute approximate surface area is 93.8 Å². The zero-order chi connectivity index (χ0) is 10.7. The van der Waals surface area contributed by atoms with Crippen LogP contribution in [-0.4, -0.2) is 12.5 Å². The van der Waals surface area contributed by atoms with E-state index in [2.05, 4.69) is 5.32 Å². The molecule has 1 saturated carbocycles. The number of hydrogen-bond donors (Lipinski definition) is 1. The molecule has 0 radical (unpaired) electrons. The van der Waals surface area contributed by atoms with Crippen molar-refractivity contribution in [2.75, 3.05) is 6.54 Å². The highest BCUT2D eigenvalue weighted by Gasteiger charge is 2.17. The van der Waals surface area contributed by atoms with Gasteiger partial charge in [0.25, 0.3) is 5.91 Å². The van der Waals surface area contributed by atoms with Gasteiger partial charge in [-0.15, -0.1) is 0 Å². The molecule has 0 atom stereocenters. The third kappa shape index (κ3) is 2.53. The smallest absolute Gasteiger partial charge is 0.256 e. The largest absolute Gasteiger partial charge is 0.452 e. The zero-order valence-electron chi connectivity index (χ0n) is 8.46. The van der Waals surface area contributed by atoms with Gasteiger partial charge in [-0.2, -0.15) is 0 Å². The molecule has 0 spiro atoms. The van der Waals surface area contributed by atoms with Crippen molar-refractivity contribution in [2.24, 2.45) is 5.92 Å². The predicted octanol–water partition coefficient (Wildman–Crippen LogP) is 2.85. The van der Waals surface area contributed by atoms with Gasteiger partial charge >= 0.3 is 0 Å². The van der Waals surface area contributed by atoms with Crippen LogP contribution < -0.4 is 5.32 Å². The fourth-order valence-corrected chi connectivity index (χ4v) is 2.20. The molecule has 1 fully saturated rings. The minimum absolute atomic E-state index is 0.138. The number of rotatable bonds is 3. The summed E-state index contributed by atoms with van der Waals surface area (Å²) in [5.74, 6) is 0.500. The summed E-state index contributed by atoms with van der Waals surface area (Å²) >= 11 is 5.70. The highest BCUT2D eigenvalue weighted by Crippen LogP contribution is 2.24. The Bertz CT molecular complexity index is 342. The number of nitrogens with one attached hydrogen (secondary N) is 1. The topological polar surface area (TPSA) is 42.2 Å². The molecule has 15 heavy (non-hydrogen) atoms. The van der Waals surface area contributed by atoms with E-state index in [1.165, 1.54) is 31.9 Å². The van der Waals surface area contributed by atoms with Gasteiger partial charge < -0.3 is 9.73 Å². The molecule has 82 valence electrons. The Morgan fingerprint density at radius 3 is 2.87 bits per heavy atom. The summed E-state index contributed by atoms with van der Waals surface area (Å²) in [6.45, 7) is 0.750. The van der Waals surface area contributed by atoms with E-state index in [-0.39, 0.29) is 11.1 Å². The minimum Gasteiger partial charge on any atom is -0.452 e. The average molecular weight is 228 g/mol. The van der Waals surface area contributed by atoms with Gasteiger partial charge in [-0.05, 0) is 36.4 Å². The monoisotopic (exact) mass is 227 g/mol. The Morgan fingerprint density at radius 1 is 1.53 bits per heavy atom. The van der Waals surface area contributed by atoms with Crippen molar-refractivity contribution in [3.63, 3.8) is 0 Å². The summed E-state index contributed by atoms with van der Waals surface area (Å²) in [4.78, 5) is 11.6. The second kappa shape index (κ2) is 4.71. The molecule has 0 saturated heterocycles. The number of carbonyl (C=O) groups is 1. The summed E-state index contributed by atoms with van der Waals surface area (Å²) in [6, 6.07) is 1.59. The second-order valence-corrected chi connectivity index (χ2v) is 4.31. The molecule has 2 rings (SSSR count). The Morgan fingerprint density at radius 2 is 2.27 bits per heavy atom. The molecule has 0 aromatic carbocycles. The first-order valence-corrected chi connectivity index (χ1v) is 5.66. The molecule has 0 unspecified atom stereocenters. The van der Waals surface area contributed by atoms with Crippen molar-refractivity contribution in [3.8, 4) is 0 Å². The molecule has 3 nitrogen and oxygen atoms in total. The van der Waals surface area contributed by atoms with E-state index in [0.29, 0.717) is 11.5 Å². The Balaban J connectivity index is 1.84. The maximum Gasteiger partial charge on any atom is 0.256 e. The number of carbonyl (C=O) groups excluding carboxylic acids is 1. The summed E-state index contributed by atoms with van der Waals surface area (Å²) in [6.07, 6.45) is 6.44. The van der Waals surface area contributed by atoms with Crippen LogP contribution in [0, 0.1) is 5.92 Å². The maximum atomic E-state index is 11.6. The van der Waals surface area contributed by atoms with Crippen molar-refractivity contribution in [1.29, 1.82) is 0 Å². The van der Waals surface area contributed by atoms with Crippen LogP contribution in [0.25, 0.3) is 0 Å². The Hall–Kier alpha value is -0.960. The molecule has 1 heterocycles. The molecule has 1 amide bonds. The average Bonchev–Trinajstić information content (AvgIpc) is 2.84. The molecule has 1 aromatic rings. The van der Waals surface area contributed by atoms with Crippen LogP contribution in [-0.2, 0) is 0 Å². The normalized spacial score (nSPS) is 16.9. The van der Waals surface area contributed by atoms with Gasteiger partial charge in [0.05, 0.1) is 11.8 Å². The summed E-state index contributed by atoms with van der Waals surface area (Å²) in [7, 11) is 0. The van der Waals surface area contributed by atoms with E-state index < -0.39 is 0 Å². The lowest BCUT2D eigenvalue weighted by Gasteiger charge is -2.09. The fourth-order valence-electron chi connectivity index (χ4n) is 2.00. The number of halogens is 1. The fraction of sp³-hybridized carbons (Fsp3) is 0.545. The van der Waals surface area contributed by atoms with Gasteiger partial charge in [0.1, 0.15) is 0 Å². The van der Waals surface area contributed by atoms with Crippen molar-refractivity contribution >= 4 is 17.5 Å². The zero-order valence-corrected chi connectivity index (χ0v) is 9.22. The first-order valence-electron chi connectivity index (χ1n) is 5.28. The van der Waals surface area contributed by atoms with Crippen LogP contribution in [0.5, 0.6) is 0 Å². The van der Waals surface area contributed by atoms with Gasteiger partial charge in [0, 0.05) is 6.54 Å². The lowest BCUT2D eigenvalue weighted by molar-refractivity contribution is 0.0947. The van der Waals surface area contributed by atoms with Crippen molar-refractivity contribution in [3.05, 3.63) is 23.1 Å². The highest BCUT2D eigenvalue weighted by atomic mass is 35.5. The summed E-state index contributed by atoms with van der Waals surface area (Å²) in [5, 5.41) is 3.05. The van der Waals surface area contributed by atoms with E-state index >= 15 is 0 Å². The van der Waals surface area contributed by atoms with Crippen LogP contribution >= 0.6 is 11.6 Å². The lowest BCUT2D eigenvalue weighted by atomic mass is 10.1. The van der Waals surface area contributed by atoms with Gasteiger partial charge in [-0.1, -0.05) is 12.8 Å². The van der Waals surface area contributed by atoms with Gasteiger partial charge in [-0.3, -0.25) is 4.79 Å². The molecule has 1 aliphatic rings. The maximum absolute atomic E-state index is 11.6. The van der Waals surface area contributed by atoms with E-state index in [1.807, 2.05) is 0 Å². The SMILES string of the molecule is O=C(NCC1CCCC1)c1ccoc1Cl. The Kier molecular flexibility index (Phi) is 3.31. The van der Waals surface area contributed by atoms with Gasteiger partial charge in [-0.25, -0.2) is 0 Å². The van der Waals surface area contributed by atoms with E-state index in [4.69, 9.17) is 16.0 Å². The number of amides is 1. The molecular formula is C11H14ClNO2. The van der Waals surface area contributed by atoms with Gasteiger partial charge in [0.15, 0.2) is 0 Å². The van der Waals surface area contributed by atoms with Crippen LogP contribution in [0.4, 0.5) is 0 Å². The molecule has 1 aliphatic carbocycles. The molecule has 1 aromatic heterocycles. The van der Waals surface area contributed by atoms with Crippen LogP contribution in [0.15, 0.2) is 16.7 Å². The van der Waals surface area contributed by atoms with Crippen molar-refractivity contribution in [2.45, 2.75) is 25.7 Å². The highest BCUT2D eigenvalue weighted by molar-refractivity contribution is 6.32. The van der Waals surface area contributed by atoms with Crippen LogP contribution in [0.3, 0.4) is 0 Å². The molecule has 1 N–H and O–H groups in total. The molecule has 0 bridgehead atoms. The standard InChI is InChI=1S/C11H14ClNO2/c12-10-9(5-6-15-10)11(14)13-7-8-3-1-2-4-8/h5-6,8H,1-4,7H2,(H,13,14). The lowest BCUT2D eigenvalue weighted by Crippen LogP contribution is -2.28. The van der Waals surface area contributed by atoms with E-state index in [0.717, 1.165) is 6.54 Å². The second-order valence-electron chi connectivity index (χ2n) is 3.97. The third-order valence-electron chi connectivity index (χ3n) is 2.89. The van der Waals surface area contributed by atoms with E-state index in [1.54, 1.807) is 6.07 Å². The minimum atomic E-state index is -0.138. The first-order chi connectivity index (χ1) is 7.27. The van der Waals surface area contributed by atoms with E-state index in [9.17, 15) is 4.79 Å². The molecule has 4 heteroatoms. The van der Waals surface area contributed by atoms with Crippen LogP contribution in [0.2, 0.25) is 5.22 Å². The van der Waals surface area contributed by atoms with Gasteiger partial charge in [0.2, 0.25) is 5.22 Å². The summed E-state index contributed by atoms with van der Waals surface area (Å²) < 4.78 is 4.86. The third-order valence-corrected chi connectivity index (χ3v) is 3.18. The molecular weight excluding hydrogens is 214 g/mol.